The number of aromatic nitrogens is 1. The Kier molecular flexibility index (Phi) is 7.35. The number of H-pyrrole nitrogens is 1. The topological polar surface area (TPSA) is 109 Å². The third-order valence-electron chi connectivity index (χ3n) is 4.12. The molecule has 1 aromatic heterocycles. The third-order valence-corrected chi connectivity index (χ3v) is 4.81. The second-order valence-electron chi connectivity index (χ2n) is 6.33. The summed E-state index contributed by atoms with van der Waals surface area (Å²) >= 11 is 11.7. The number of hydrogen-bond acceptors (Lipinski definition) is 4. The number of benzene rings is 2. The fourth-order valence-corrected chi connectivity index (χ4v) is 2.98. The van der Waals surface area contributed by atoms with Crippen molar-refractivity contribution in [3.8, 4) is 5.75 Å². The molecule has 0 aliphatic heterocycles. The van der Waals surface area contributed by atoms with Crippen LogP contribution in [0.5, 0.6) is 5.75 Å². The van der Waals surface area contributed by atoms with Gasteiger partial charge in [-0.3, -0.25) is 9.59 Å². The predicted octanol–water partition coefficient (Wildman–Crippen LogP) is 3.84. The number of rotatable bonds is 8. The lowest BCUT2D eigenvalue weighted by Gasteiger charge is -2.13. The van der Waals surface area contributed by atoms with Crippen molar-refractivity contribution < 1.29 is 14.3 Å². The van der Waals surface area contributed by atoms with Gasteiger partial charge in [-0.05, 0) is 35.9 Å². The lowest BCUT2D eigenvalue weighted by Crippen LogP contribution is -2.29. The number of amides is 2. The maximum absolute atomic E-state index is 12.4. The number of ether oxygens (including phenoxy) is 1. The molecule has 0 unspecified atom stereocenters. The summed E-state index contributed by atoms with van der Waals surface area (Å²) in [5, 5.41) is 5.96. The molecule has 7 nitrogen and oxygen atoms in total. The van der Waals surface area contributed by atoms with Gasteiger partial charge < -0.3 is 26.1 Å². The Morgan fingerprint density at radius 3 is 2.57 bits per heavy atom. The molecule has 3 aromatic rings. The summed E-state index contributed by atoms with van der Waals surface area (Å²) in [7, 11) is 0. The molecule has 0 spiro atoms. The maximum atomic E-state index is 12.4. The average Bonchev–Trinajstić information content (AvgIpc) is 3.10. The fraction of sp³-hybridized carbons (Fsp3) is 0.143. The van der Waals surface area contributed by atoms with Crippen LogP contribution in [0.2, 0.25) is 10.2 Å². The Bertz CT molecular complexity index is 1030. The zero-order valence-electron chi connectivity index (χ0n) is 15.9. The van der Waals surface area contributed by atoms with Crippen molar-refractivity contribution in [1.29, 1.82) is 0 Å². The maximum Gasteiger partial charge on any atom is 0.272 e. The lowest BCUT2D eigenvalue weighted by molar-refractivity contribution is 0.0953. The third kappa shape index (κ3) is 5.54. The van der Waals surface area contributed by atoms with Gasteiger partial charge in [-0.1, -0.05) is 47.5 Å². The second kappa shape index (κ2) is 10.2. The zero-order valence-corrected chi connectivity index (χ0v) is 17.4. The van der Waals surface area contributed by atoms with E-state index in [2.05, 4.69) is 15.6 Å². The highest BCUT2D eigenvalue weighted by molar-refractivity contribution is 6.41. The highest BCUT2D eigenvalue weighted by atomic mass is 35.5. The van der Waals surface area contributed by atoms with Crippen molar-refractivity contribution in [2.45, 2.75) is 6.61 Å². The van der Waals surface area contributed by atoms with E-state index in [9.17, 15) is 9.59 Å². The molecule has 0 atom stereocenters. The monoisotopic (exact) mass is 446 g/mol. The minimum atomic E-state index is -0.404. The van der Waals surface area contributed by atoms with Gasteiger partial charge in [0.15, 0.2) is 0 Å². The van der Waals surface area contributed by atoms with Crippen LogP contribution in [-0.2, 0) is 6.61 Å². The van der Waals surface area contributed by atoms with Gasteiger partial charge in [0.2, 0.25) is 0 Å². The van der Waals surface area contributed by atoms with E-state index in [4.69, 9.17) is 33.7 Å². The molecular formula is C21H20Cl2N4O3. The molecular weight excluding hydrogens is 427 g/mol. The van der Waals surface area contributed by atoms with Crippen LogP contribution >= 0.6 is 23.2 Å². The molecule has 0 aliphatic rings. The van der Waals surface area contributed by atoms with E-state index in [1.165, 1.54) is 6.07 Å². The number of aromatic amines is 1. The van der Waals surface area contributed by atoms with Crippen molar-refractivity contribution in [2.24, 2.45) is 5.73 Å². The fourth-order valence-electron chi connectivity index (χ4n) is 2.66. The van der Waals surface area contributed by atoms with E-state index in [1.54, 1.807) is 42.5 Å². The van der Waals surface area contributed by atoms with Gasteiger partial charge in [0.1, 0.15) is 23.2 Å². The molecule has 0 bridgehead atoms. The van der Waals surface area contributed by atoms with E-state index in [1.807, 2.05) is 6.07 Å². The Morgan fingerprint density at radius 1 is 1.03 bits per heavy atom. The first-order chi connectivity index (χ1) is 14.5. The lowest BCUT2D eigenvalue weighted by atomic mass is 10.1. The average molecular weight is 447 g/mol. The summed E-state index contributed by atoms with van der Waals surface area (Å²) in [5.74, 6) is -0.121. The number of halogens is 2. The molecule has 156 valence electrons. The molecule has 0 fully saturated rings. The summed E-state index contributed by atoms with van der Waals surface area (Å²) in [6.07, 6.45) is 0. The van der Waals surface area contributed by atoms with Crippen LogP contribution in [0.1, 0.15) is 26.4 Å². The van der Waals surface area contributed by atoms with Gasteiger partial charge in [0.25, 0.3) is 11.8 Å². The molecule has 2 amide bonds. The number of para-hydroxylation sites is 2. The summed E-state index contributed by atoms with van der Waals surface area (Å²) in [6, 6.07) is 15.6. The Morgan fingerprint density at radius 2 is 1.83 bits per heavy atom. The van der Waals surface area contributed by atoms with E-state index in [0.717, 1.165) is 5.56 Å². The van der Waals surface area contributed by atoms with Gasteiger partial charge in [0.05, 0.1) is 10.7 Å². The zero-order chi connectivity index (χ0) is 21.5. The number of carbonyl (C=O) groups is 2. The van der Waals surface area contributed by atoms with Gasteiger partial charge in [-0.25, -0.2) is 0 Å². The van der Waals surface area contributed by atoms with Crippen molar-refractivity contribution in [3.63, 3.8) is 0 Å². The quantitative estimate of drug-likeness (QED) is 0.421. The van der Waals surface area contributed by atoms with Gasteiger partial charge in [0, 0.05) is 18.7 Å². The van der Waals surface area contributed by atoms with E-state index in [-0.39, 0.29) is 28.4 Å². The Balaban J connectivity index is 1.68. The molecule has 1 heterocycles. The minimum Gasteiger partial charge on any atom is -0.487 e. The van der Waals surface area contributed by atoms with Crippen LogP contribution in [-0.4, -0.2) is 29.9 Å². The number of hydrogen-bond donors (Lipinski definition) is 4. The van der Waals surface area contributed by atoms with E-state index >= 15 is 0 Å². The van der Waals surface area contributed by atoms with Crippen molar-refractivity contribution >= 4 is 40.7 Å². The van der Waals surface area contributed by atoms with Crippen LogP contribution in [0.25, 0.3) is 0 Å². The van der Waals surface area contributed by atoms with Gasteiger partial charge in [-0.15, -0.1) is 0 Å². The summed E-state index contributed by atoms with van der Waals surface area (Å²) < 4.78 is 5.88. The highest BCUT2D eigenvalue weighted by Crippen LogP contribution is 2.27. The molecule has 0 saturated carbocycles. The molecule has 5 N–H and O–H groups in total. The first kappa shape index (κ1) is 21.7. The van der Waals surface area contributed by atoms with Crippen LogP contribution < -0.4 is 21.1 Å². The molecule has 0 saturated heterocycles. The molecule has 30 heavy (non-hydrogen) atoms. The van der Waals surface area contributed by atoms with Crippen molar-refractivity contribution in [3.05, 3.63) is 81.6 Å². The summed E-state index contributed by atoms with van der Waals surface area (Å²) in [5.41, 5.74) is 7.46. The first-order valence-corrected chi connectivity index (χ1v) is 9.88. The molecule has 3 rings (SSSR count). The van der Waals surface area contributed by atoms with Crippen LogP contribution in [0.15, 0.2) is 54.6 Å². The van der Waals surface area contributed by atoms with Gasteiger partial charge >= 0.3 is 0 Å². The first-order valence-electron chi connectivity index (χ1n) is 9.12. The summed E-state index contributed by atoms with van der Waals surface area (Å²) in [4.78, 5) is 27.2. The summed E-state index contributed by atoms with van der Waals surface area (Å²) in [6.45, 7) is 0.993. The molecule has 0 aliphatic carbocycles. The largest absolute Gasteiger partial charge is 0.487 e. The number of nitrogens with one attached hydrogen (secondary N) is 3. The smallest absolute Gasteiger partial charge is 0.272 e. The Hall–Kier alpha value is -3.00. The standard InChI is InChI=1S/C21H20Cl2N4O3/c22-15-11-17(26-19(15)23)21(29)27-16-6-1-2-7-18(16)30-12-13-4-3-5-14(10-13)20(28)25-9-8-24/h1-7,10-11,26H,8-9,12,24H2,(H,25,28)(H,27,29). The van der Waals surface area contributed by atoms with E-state index < -0.39 is 5.91 Å². The molecule has 2 aromatic carbocycles. The number of carbonyl (C=O) groups excluding carboxylic acids is 2. The normalized spacial score (nSPS) is 10.5. The molecule has 0 radical (unpaired) electrons. The predicted molar refractivity (Wildman–Crippen MR) is 117 cm³/mol. The van der Waals surface area contributed by atoms with Crippen LogP contribution in [0.3, 0.4) is 0 Å². The van der Waals surface area contributed by atoms with Crippen LogP contribution in [0, 0.1) is 0 Å². The highest BCUT2D eigenvalue weighted by Gasteiger charge is 2.14. The van der Waals surface area contributed by atoms with Crippen LogP contribution in [0.4, 0.5) is 5.69 Å². The van der Waals surface area contributed by atoms with E-state index in [0.29, 0.717) is 30.1 Å². The number of nitrogens with two attached hydrogens (primary N) is 1. The second-order valence-corrected chi connectivity index (χ2v) is 7.11. The number of anilines is 1. The minimum absolute atomic E-state index is 0.196. The van der Waals surface area contributed by atoms with Crippen molar-refractivity contribution in [2.75, 3.05) is 18.4 Å². The SMILES string of the molecule is NCCNC(=O)c1cccc(COc2ccccc2NC(=O)c2cc(Cl)c(Cl)[nH]2)c1. The van der Waals surface area contributed by atoms with Gasteiger partial charge in [-0.2, -0.15) is 0 Å². The van der Waals surface area contributed by atoms with Crippen molar-refractivity contribution in [1.82, 2.24) is 10.3 Å². The Labute approximate surface area is 183 Å². The molecule has 9 heteroatoms.